The molecule has 0 fully saturated rings. The molecule has 0 radical (unpaired) electrons. The molecule has 1 unspecified atom stereocenters. The van der Waals surface area contributed by atoms with Gasteiger partial charge in [-0.3, -0.25) is 0 Å². The molecule has 0 saturated carbocycles. The van der Waals surface area contributed by atoms with Gasteiger partial charge in [0.2, 0.25) is 0 Å². The Morgan fingerprint density at radius 2 is 1.71 bits per heavy atom. The molecule has 0 heterocycles. The normalized spacial score (nSPS) is 12.7. The zero-order chi connectivity index (χ0) is 18.0. The first-order chi connectivity index (χ1) is 11.3. The van der Waals surface area contributed by atoms with E-state index < -0.39 is 0 Å². The van der Waals surface area contributed by atoms with Gasteiger partial charge in [-0.2, -0.15) is 0 Å². The molecule has 1 aromatic carbocycles. The minimum Gasteiger partial charge on any atom is -0.334 e. The van der Waals surface area contributed by atoms with Gasteiger partial charge in [0, 0.05) is 18.1 Å². The maximum Gasteiger partial charge on any atom is 0.315 e. The van der Waals surface area contributed by atoms with E-state index in [0.717, 1.165) is 12.0 Å². The molecule has 4 N–H and O–H groups in total. The number of hydrogen-bond donors (Lipinski definition) is 3. The molecule has 0 saturated heterocycles. The molecule has 0 aromatic heterocycles. The van der Waals surface area contributed by atoms with E-state index in [1.165, 1.54) is 37.7 Å². The Labute approximate surface area is 147 Å². The maximum absolute atomic E-state index is 11.8. The molecule has 24 heavy (non-hydrogen) atoms. The van der Waals surface area contributed by atoms with Gasteiger partial charge in [0.15, 0.2) is 0 Å². The van der Waals surface area contributed by atoms with Crippen molar-refractivity contribution in [2.45, 2.75) is 84.3 Å². The Hall–Kier alpha value is -1.55. The number of carbonyl (C=O) groups is 1. The van der Waals surface area contributed by atoms with Gasteiger partial charge in [0.1, 0.15) is 0 Å². The molecule has 0 aliphatic carbocycles. The topological polar surface area (TPSA) is 67.1 Å². The maximum atomic E-state index is 11.8. The summed E-state index contributed by atoms with van der Waals surface area (Å²) in [6.45, 7) is 8.64. The van der Waals surface area contributed by atoms with Crippen molar-refractivity contribution in [1.82, 2.24) is 10.6 Å². The molecule has 1 rings (SSSR count). The SMILES string of the molecule is CCCCCCCC(N)c1ccc(CNC(=O)NC(C)(C)C)cc1. The fraction of sp³-hybridized carbons (Fsp3) is 0.650. The lowest BCUT2D eigenvalue weighted by Gasteiger charge is -2.20. The lowest BCUT2D eigenvalue weighted by molar-refractivity contribution is 0.231. The number of urea groups is 1. The average Bonchev–Trinajstić information content (AvgIpc) is 2.51. The summed E-state index contributed by atoms with van der Waals surface area (Å²) in [6.07, 6.45) is 7.40. The van der Waals surface area contributed by atoms with Crippen molar-refractivity contribution in [3.63, 3.8) is 0 Å². The number of nitrogens with two attached hydrogens (primary N) is 1. The van der Waals surface area contributed by atoms with E-state index in [2.05, 4.69) is 29.7 Å². The molecule has 4 nitrogen and oxygen atoms in total. The second-order valence-corrected chi connectivity index (χ2v) is 7.61. The number of rotatable bonds is 9. The third kappa shape index (κ3) is 8.92. The Bertz CT molecular complexity index is 477. The number of hydrogen-bond acceptors (Lipinski definition) is 2. The third-order valence-corrected chi connectivity index (χ3v) is 3.97. The van der Waals surface area contributed by atoms with Gasteiger partial charge in [-0.1, -0.05) is 63.3 Å². The molecule has 1 aromatic rings. The Kier molecular flexibility index (Phi) is 8.83. The van der Waals surface area contributed by atoms with Crippen LogP contribution in [0.2, 0.25) is 0 Å². The fourth-order valence-corrected chi connectivity index (χ4v) is 2.58. The van der Waals surface area contributed by atoms with Crippen LogP contribution in [0.3, 0.4) is 0 Å². The number of carbonyl (C=O) groups excluding carboxylic acids is 1. The van der Waals surface area contributed by atoms with Crippen LogP contribution >= 0.6 is 0 Å². The van der Waals surface area contributed by atoms with Crippen LogP contribution in [-0.2, 0) is 6.54 Å². The fourth-order valence-electron chi connectivity index (χ4n) is 2.58. The van der Waals surface area contributed by atoms with Crippen LogP contribution in [0.5, 0.6) is 0 Å². The van der Waals surface area contributed by atoms with E-state index in [9.17, 15) is 4.79 Å². The first-order valence-electron chi connectivity index (χ1n) is 9.22. The number of unbranched alkanes of at least 4 members (excludes halogenated alkanes) is 4. The highest BCUT2D eigenvalue weighted by atomic mass is 16.2. The van der Waals surface area contributed by atoms with Crippen LogP contribution in [0.25, 0.3) is 0 Å². The average molecular weight is 334 g/mol. The van der Waals surface area contributed by atoms with Gasteiger partial charge in [0.25, 0.3) is 0 Å². The van der Waals surface area contributed by atoms with Gasteiger partial charge in [-0.05, 0) is 38.3 Å². The quantitative estimate of drug-likeness (QED) is 0.576. The minimum absolute atomic E-state index is 0.109. The summed E-state index contributed by atoms with van der Waals surface area (Å²) in [5.74, 6) is 0. The van der Waals surface area contributed by atoms with Crippen LogP contribution in [0.1, 0.15) is 83.4 Å². The van der Waals surface area contributed by atoms with Crippen molar-refractivity contribution >= 4 is 6.03 Å². The van der Waals surface area contributed by atoms with E-state index in [4.69, 9.17) is 5.73 Å². The number of nitrogens with one attached hydrogen (secondary N) is 2. The number of amides is 2. The lowest BCUT2D eigenvalue weighted by Crippen LogP contribution is -2.46. The largest absolute Gasteiger partial charge is 0.334 e. The first kappa shape index (κ1) is 20.5. The Morgan fingerprint density at radius 1 is 1.08 bits per heavy atom. The van der Waals surface area contributed by atoms with E-state index in [-0.39, 0.29) is 17.6 Å². The Balaban J connectivity index is 2.35. The van der Waals surface area contributed by atoms with Crippen LogP contribution in [-0.4, -0.2) is 11.6 Å². The zero-order valence-electron chi connectivity index (χ0n) is 15.8. The minimum atomic E-state index is -0.224. The summed E-state index contributed by atoms with van der Waals surface area (Å²) < 4.78 is 0. The second kappa shape index (κ2) is 10.3. The summed E-state index contributed by atoms with van der Waals surface area (Å²) in [5, 5.41) is 5.76. The van der Waals surface area contributed by atoms with E-state index in [1.807, 2.05) is 32.9 Å². The van der Waals surface area contributed by atoms with E-state index >= 15 is 0 Å². The smallest absolute Gasteiger partial charge is 0.315 e. The van der Waals surface area contributed by atoms with Crippen LogP contribution < -0.4 is 16.4 Å². The predicted octanol–water partition coefficient (Wildman–Crippen LogP) is 4.64. The third-order valence-electron chi connectivity index (χ3n) is 3.97. The molecule has 136 valence electrons. The van der Waals surface area contributed by atoms with Gasteiger partial charge in [-0.15, -0.1) is 0 Å². The molecule has 1 atom stereocenters. The van der Waals surface area contributed by atoms with Gasteiger partial charge in [-0.25, -0.2) is 4.79 Å². The van der Waals surface area contributed by atoms with Crippen molar-refractivity contribution in [3.05, 3.63) is 35.4 Å². The van der Waals surface area contributed by atoms with E-state index in [0.29, 0.717) is 6.54 Å². The molecule has 0 spiro atoms. The lowest BCUT2D eigenvalue weighted by atomic mass is 9.99. The predicted molar refractivity (Wildman–Crippen MR) is 102 cm³/mol. The summed E-state index contributed by atoms with van der Waals surface area (Å²) in [6, 6.07) is 8.21. The van der Waals surface area contributed by atoms with Crippen molar-refractivity contribution in [1.29, 1.82) is 0 Å². The molecule has 0 aliphatic heterocycles. The van der Waals surface area contributed by atoms with Gasteiger partial charge >= 0.3 is 6.03 Å². The zero-order valence-corrected chi connectivity index (χ0v) is 15.8. The summed E-state index contributed by atoms with van der Waals surface area (Å²) in [5.41, 5.74) is 8.30. The highest BCUT2D eigenvalue weighted by molar-refractivity contribution is 5.74. The molecule has 4 heteroatoms. The molecular formula is C20H35N3O. The van der Waals surface area contributed by atoms with Crippen LogP contribution in [0.15, 0.2) is 24.3 Å². The van der Waals surface area contributed by atoms with Crippen LogP contribution in [0, 0.1) is 0 Å². The monoisotopic (exact) mass is 333 g/mol. The highest BCUT2D eigenvalue weighted by Crippen LogP contribution is 2.18. The molecule has 2 amide bonds. The first-order valence-corrected chi connectivity index (χ1v) is 9.22. The van der Waals surface area contributed by atoms with Crippen LogP contribution in [0.4, 0.5) is 4.79 Å². The second-order valence-electron chi connectivity index (χ2n) is 7.61. The summed E-state index contributed by atoms with van der Waals surface area (Å²) in [4.78, 5) is 11.8. The van der Waals surface area contributed by atoms with Gasteiger partial charge in [0.05, 0.1) is 0 Å². The highest BCUT2D eigenvalue weighted by Gasteiger charge is 2.13. The van der Waals surface area contributed by atoms with Crippen molar-refractivity contribution < 1.29 is 4.79 Å². The summed E-state index contributed by atoms with van der Waals surface area (Å²) in [7, 11) is 0. The van der Waals surface area contributed by atoms with Crippen molar-refractivity contribution in [2.24, 2.45) is 5.73 Å². The molecular weight excluding hydrogens is 298 g/mol. The van der Waals surface area contributed by atoms with Gasteiger partial charge < -0.3 is 16.4 Å². The molecule has 0 bridgehead atoms. The van der Waals surface area contributed by atoms with Crippen molar-refractivity contribution in [3.8, 4) is 0 Å². The van der Waals surface area contributed by atoms with Crippen molar-refractivity contribution in [2.75, 3.05) is 0 Å². The Morgan fingerprint density at radius 3 is 2.29 bits per heavy atom. The summed E-state index contributed by atoms with van der Waals surface area (Å²) >= 11 is 0. The van der Waals surface area contributed by atoms with E-state index in [1.54, 1.807) is 0 Å². The standard InChI is InChI=1S/C20H35N3O/c1-5-6-7-8-9-10-18(21)17-13-11-16(12-14-17)15-22-19(24)23-20(2,3)4/h11-14,18H,5-10,15,21H2,1-4H3,(H2,22,23,24). The number of benzene rings is 1. The molecule has 0 aliphatic rings.